The minimum Gasteiger partial charge on any atom is -0.396 e. The molecule has 0 radical (unpaired) electrons. The Balaban J connectivity index is 2.11. The molecule has 21 heavy (non-hydrogen) atoms. The van der Waals surface area contributed by atoms with E-state index in [1.165, 1.54) is 12.1 Å². The van der Waals surface area contributed by atoms with Crippen molar-refractivity contribution in [2.24, 2.45) is 5.41 Å². The van der Waals surface area contributed by atoms with Crippen molar-refractivity contribution in [1.29, 1.82) is 0 Å². The van der Waals surface area contributed by atoms with E-state index >= 15 is 0 Å². The van der Waals surface area contributed by atoms with Gasteiger partial charge in [0, 0.05) is 18.6 Å². The molecule has 1 fully saturated rings. The molecular formula is C15H22FNO3S. The Bertz CT molecular complexity index is 595. The van der Waals surface area contributed by atoms with Crippen molar-refractivity contribution in [3.8, 4) is 0 Å². The van der Waals surface area contributed by atoms with E-state index in [1.807, 2.05) is 0 Å². The molecule has 0 heterocycles. The fourth-order valence-corrected chi connectivity index (χ4v) is 3.93. The zero-order valence-electron chi connectivity index (χ0n) is 12.2. The van der Waals surface area contributed by atoms with E-state index in [-0.39, 0.29) is 23.5 Å². The Morgan fingerprint density at radius 3 is 2.52 bits per heavy atom. The highest BCUT2D eigenvalue weighted by Crippen LogP contribution is 2.35. The number of rotatable bonds is 5. The Kier molecular flexibility index (Phi) is 5.01. The lowest BCUT2D eigenvalue weighted by atomic mass is 9.75. The Labute approximate surface area is 125 Å². The number of hydrogen-bond acceptors (Lipinski definition) is 3. The van der Waals surface area contributed by atoms with E-state index in [0.717, 1.165) is 38.2 Å². The van der Waals surface area contributed by atoms with Gasteiger partial charge in [-0.2, -0.15) is 0 Å². The van der Waals surface area contributed by atoms with E-state index in [9.17, 15) is 17.9 Å². The van der Waals surface area contributed by atoms with Gasteiger partial charge in [0.25, 0.3) is 0 Å². The van der Waals surface area contributed by atoms with Crippen LogP contribution in [-0.4, -0.2) is 26.7 Å². The normalized spacial score (nSPS) is 18.6. The molecule has 1 aromatic carbocycles. The number of aliphatic hydroxyl groups excluding tert-OH is 1. The molecule has 0 saturated heterocycles. The summed E-state index contributed by atoms with van der Waals surface area (Å²) in [6.45, 7) is 1.75. The van der Waals surface area contributed by atoms with Crippen molar-refractivity contribution >= 4 is 10.0 Å². The quantitative estimate of drug-likeness (QED) is 0.876. The second-order valence-corrected chi connectivity index (χ2v) is 7.72. The average Bonchev–Trinajstić information content (AvgIpc) is 2.49. The monoisotopic (exact) mass is 315 g/mol. The molecule has 0 bridgehead atoms. The molecule has 1 aliphatic rings. The molecule has 118 valence electrons. The van der Waals surface area contributed by atoms with Crippen LogP contribution in [0.1, 0.15) is 37.7 Å². The van der Waals surface area contributed by atoms with E-state index in [2.05, 4.69) is 4.72 Å². The first-order chi connectivity index (χ1) is 9.88. The van der Waals surface area contributed by atoms with Crippen LogP contribution >= 0.6 is 0 Å². The predicted octanol–water partition coefficient (Wildman–Crippen LogP) is 2.36. The smallest absolute Gasteiger partial charge is 0.240 e. The lowest BCUT2D eigenvalue weighted by Gasteiger charge is -2.35. The molecule has 0 amide bonds. The molecule has 1 saturated carbocycles. The van der Waals surface area contributed by atoms with Crippen LogP contribution in [0, 0.1) is 18.2 Å². The lowest BCUT2D eigenvalue weighted by Crippen LogP contribution is -2.41. The number of hydrogen-bond donors (Lipinski definition) is 2. The van der Waals surface area contributed by atoms with Crippen LogP contribution in [0.2, 0.25) is 0 Å². The molecule has 1 aliphatic carbocycles. The van der Waals surface area contributed by atoms with Crippen LogP contribution in [0.3, 0.4) is 0 Å². The summed E-state index contributed by atoms with van der Waals surface area (Å²) in [4.78, 5) is -0.0745. The summed E-state index contributed by atoms with van der Waals surface area (Å²) < 4.78 is 40.5. The van der Waals surface area contributed by atoms with Crippen LogP contribution in [0.4, 0.5) is 4.39 Å². The summed E-state index contributed by atoms with van der Waals surface area (Å²) in [5.74, 6) is -0.535. The zero-order chi connectivity index (χ0) is 15.5. The topological polar surface area (TPSA) is 66.4 Å². The van der Waals surface area contributed by atoms with Gasteiger partial charge < -0.3 is 5.11 Å². The number of aliphatic hydroxyl groups is 1. The Morgan fingerprint density at radius 2 is 1.95 bits per heavy atom. The van der Waals surface area contributed by atoms with Crippen molar-refractivity contribution in [1.82, 2.24) is 4.72 Å². The maximum absolute atomic E-state index is 13.5. The summed E-state index contributed by atoms with van der Waals surface area (Å²) >= 11 is 0. The zero-order valence-corrected chi connectivity index (χ0v) is 13.0. The highest BCUT2D eigenvalue weighted by molar-refractivity contribution is 7.89. The molecule has 0 aliphatic heterocycles. The minimum absolute atomic E-state index is 0.0300. The van der Waals surface area contributed by atoms with Gasteiger partial charge in [-0.25, -0.2) is 17.5 Å². The molecule has 6 heteroatoms. The molecule has 0 unspecified atom stereocenters. The summed E-state index contributed by atoms with van der Waals surface area (Å²) in [5, 5.41) is 9.59. The maximum atomic E-state index is 13.5. The lowest BCUT2D eigenvalue weighted by molar-refractivity contribution is 0.0867. The average molecular weight is 315 g/mol. The summed E-state index contributed by atoms with van der Waals surface area (Å²) in [5.41, 5.74) is 0.0298. The van der Waals surface area contributed by atoms with Crippen LogP contribution in [-0.2, 0) is 10.0 Å². The number of aryl methyl sites for hydroxylation is 1. The van der Waals surface area contributed by atoms with Crippen molar-refractivity contribution < 1.29 is 17.9 Å². The van der Waals surface area contributed by atoms with Gasteiger partial charge in [0.2, 0.25) is 10.0 Å². The van der Waals surface area contributed by atoms with Gasteiger partial charge in [0.05, 0.1) is 4.90 Å². The van der Waals surface area contributed by atoms with Gasteiger partial charge in [0.15, 0.2) is 0 Å². The van der Waals surface area contributed by atoms with E-state index in [0.29, 0.717) is 5.56 Å². The van der Waals surface area contributed by atoms with Gasteiger partial charge in [0.1, 0.15) is 5.82 Å². The van der Waals surface area contributed by atoms with Crippen LogP contribution in [0.15, 0.2) is 23.1 Å². The van der Waals surface area contributed by atoms with Gasteiger partial charge in [-0.3, -0.25) is 0 Å². The fourth-order valence-electron chi connectivity index (χ4n) is 2.76. The van der Waals surface area contributed by atoms with Gasteiger partial charge in [-0.05, 0) is 37.5 Å². The summed E-state index contributed by atoms with van der Waals surface area (Å²) in [6.07, 6.45) is 4.75. The van der Waals surface area contributed by atoms with Crippen LogP contribution < -0.4 is 4.72 Å². The molecular weight excluding hydrogens is 293 g/mol. The number of benzene rings is 1. The highest BCUT2D eigenvalue weighted by Gasteiger charge is 2.32. The van der Waals surface area contributed by atoms with Crippen molar-refractivity contribution in [2.75, 3.05) is 13.2 Å². The summed E-state index contributed by atoms with van der Waals surface area (Å²) in [6, 6.07) is 3.88. The Hall–Kier alpha value is -0.980. The second-order valence-electron chi connectivity index (χ2n) is 5.95. The molecule has 0 aromatic heterocycles. The molecule has 2 N–H and O–H groups in total. The maximum Gasteiger partial charge on any atom is 0.240 e. The summed E-state index contributed by atoms with van der Waals surface area (Å²) in [7, 11) is -3.75. The molecule has 0 atom stereocenters. The van der Waals surface area contributed by atoms with Crippen LogP contribution in [0.25, 0.3) is 0 Å². The SMILES string of the molecule is Cc1ccc(S(=O)(=O)NCC2(CO)CCCCC2)cc1F. The number of sulfonamides is 1. The molecule has 1 aromatic rings. The third-order valence-electron chi connectivity index (χ3n) is 4.34. The number of nitrogens with one attached hydrogen (secondary N) is 1. The fraction of sp³-hybridized carbons (Fsp3) is 0.600. The predicted molar refractivity (Wildman–Crippen MR) is 78.9 cm³/mol. The molecule has 4 nitrogen and oxygen atoms in total. The first-order valence-corrected chi connectivity index (χ1v) is 8.74. The Morgan fingerprint density at radius 1 is 1.29 bits per heavy atom. The van der Waals surface area contributed by atoms with E-state index < -0.39 is 15.8 Å². The molecule has 2 rings (SSSR count). The largest absolute Gasteiger partial charge is 0.396 e. The minimum atomic E-state index is -3.75. The molecule has 0 spiro atoms. The van der Waals surface area contributed by atoms with Gasteiger partial charge in [-0.15, -0.1) is 0 Å². The first-order valence-electron chi connectivity index (χ1n) is 7.25. The second kappa shape index (κ2) is 6.42. The first kappa shape index (κ1) is 16.4. The standard InChI is InChI=1S/C15H22FNO3S/c1-12-5-6-13(9-14(12)16)21(19,20)17-10-15(11-18)7-3-2-4-8-15/h5-6,9,17-18H,2-4,7-8,10-11H2,1H3. The van der Waals surface area contributed by atoms with Gasteiger partial charge >= 0.3 is 0 Å². The highest BCUT2D eigenvalue weighted by atomic mass is 32.2. The van der Waals surface area contributed by atoms with Crippen molar-refractivity contribution in [3.05, 3.63) is 29.6 Å². The van der Waals surface area contributed by atoms with Crippen LogP contribution in [0.5, 0.6) is 0 Å². The third kappa shape index (κ3) is 3.81. The van der Waals surface area contributed by atoms with E-state index in [4.69, 9.17) is 0 Å². The van der Waals surface area contributed by atoms with Crippen molar-refractivity contribution in [3.63, 3.8) is 0 Å². The van der Waals surface area contributed by atoms with Crippen molar-refractivity contribution in [2.45, 2.75) is 43.9 Å². The number of halogens is 1. The van der Waals surface area contributed by atoms with E-state index in [1.54, 1.807) is 6.92 Å². The van der Waals surface area contributed by atoms with Gasteiger partial charge in [-0.1, -0.05) is 25.3 Å². The third-order valence-corrected chi connectivity index (χ3v) is 5.74.